The minimum absolute atomic E-state index is 0.171. The first kappa shape index (κ1) is 12.6. The molecule has 0 radical (unpaired) electrons. The van der Waals surface area contributed by atoms with Crippen molar-refractivity contribution in [3.05, 3.63) is 33.8 Å². The van der Waals surface area contributed by atoms with E-state index in [1.54, 1.807) is 0 Å². The van der Waals surface area contributed by atoms with E-state index in [2.05, 4.69) is 22.9 Å². The van der Waals surface area contributed by atoms with Gasteiger partial charge in [-0.1, -0.05) is 18.6 Å². The normalized spacial score (nSPS) is 14.8. The van der Waals surface area contributed by atoms with Crippen LogP contribution in [0.5, 0.6) is 0 Å². The van der Waals surface area contributed by atoms with Crippen LogP contribution in [0.2, 0.25) is 0 Å². The number of aryl methyl sites for hydroxylation is 1. The number of benzene rings is 1. The van der Waals surface area contributed by atoms with E-state index in [-0.39, 0.29) is 5.91 Å². The van der Waals surface area contributed by atoms with Crippen LogP contribution in [0.25, 0.3) is 0 Å². The standard InChI is InChI=1S/C14H18BrNO/c1-3-8-16(11-5-6-11)14(17)12-9-10(2)4-7-13(12)15/h4,7,9,11H,3,5-6,8H2,1-2H3. The summed E-state index contributed by atoms with van der Waals surface area (Å²) in [6, 6.07) is 6.43. The quantitative estimate of drug-likeness (QED) is 0.828. The Morgan fingerprint density at radius 2 is 2.18 bits per heavy atom. The van der Waals surface area contributed by atoms with Crippen molar-refractivity contribution in [1.82, 2.24) is 4.90 Å². The van der Waals surface area contributed by atoms with Crippen molar-refractivity contribution < 1.29 is 4.79 Å². The average Bonchev–Trinajstić information content (AvgIpc) is 3.12. The molecule has 1 fully saturated rings. The highest BCUT2D eigenvalue weighted by molar-refractivity contribution is 9.10. The molecule has 92 valence electrons. The Hall–Kier alpha value is -0.830. The van der Waals surface area contributed by atoms with Gasteiger partial charge in [0.15, 0.2) is 0 Å². The number of rotatable bonds is 4. The summed E-state index contributed by atoms with van der Waals surface area (Å²) in [6.45, 7) is 5.00. The van der Waals surface area contributed by atoms with Crippen LogP contribution in [-0.4, -0.2) is 23.4 Å². The fourth-order valence-electron chi connectivity index (χ4n) is 2.03. The van der Waals surface area contributed by atoms with Crippen molar-refractivity contribution in [1.29, 1.82) is 0 Å². The molecular formula is C14H18BrNO. The molecule has 17 heavy (non-hydrogen) atoms. The van der Waals surface area contributed by atoms with Crippen molar-refractivity contribution >= 4 is 21.8 Å². The van der Waals surface area contributed by atoms with E-state index in [9.17, 15) is 4.79 Å². The first-order valence-corrected chi connectivity index (χ1v) is 7.00. The zero-order valence-electron chi connectivity index (χ0n) is 10.4. The van der Waals surface area contributed by atoms with Crippen LogP contribution in [-0.2, 0) is 0 Å². The Bertz CT molecular complexity index is 426. The lowest BCUT2D eigenvalue weighted by Gasteiger charge is -2.22. The molecule has 0 heterocycles. The summed E-state index contributed by atoms with van der Waals surface area (Å²) in [5.41, 5.74) is 1.93. The second-order valence-corrected chi connectivity index (χ2v) is 5.57. The highest BCUT2D eigenvalue weighted by Crippen LogP contribution is 2.30. The van der Waals surface area contributed by atoms with Crippen LogP contribution in [0.3, 0.4) is 0 Å². The third kappa shape index (κ3) is 2.89. The molecule has 3 heteroatoms. The Morgan fingerprint density at radius 1 is 1.47 bits per heavy atom. The van der Waals surface area contributed by atoms with Crippen molar-refractivity contribution in [3.8, 4) is 0 Å². The Labute approximate surface area is 111 Å². The molecule has 1 saturated carbocycles. The van der Waals surface area contributed by atoms with E-state index in [4.69, 9.17) is 0 Å². The average molecular weight is 296 g/mol. The number of halogens is 1. The second-order valence-electron chi connectivity index (χ2n) is 4.71. The maximum atomic E-state index is 12.5. The van der Waals surface area contributed by atoms with Gasteiger partial charge in [0, 0.05) is 17.1 Å². The molecule has 0 bridgehead atoms. The number of nitrogens with zero attached hydrogens (tertiary/aromatic N) is 1. The van der Waals surface area contributed by atoms with Gasteiger partial charge >= 0.3 is 0 Å². The van der Waals surface area contributed by atoms with Gasteiger partial charge < -0.3 is 4.90 Å². The van der Waals surface area contributed by atoms with Gasteiger partial charge in [0.2, 0.25) is 0 Å². The van der Waals surface area contributed by atoms with E-state index in [1.165, 1.54) is 0 Å². The van der Waals surface area contributed by atoms with E-state index in [0.717, 1.165) is 41.4 Å². The van der Waals surface area contributed by atoms with Gasteiger partial charge in [0.1, 0.15) is 0 Å². The van der Waals surface area contributed by atoms with Crippen LogP contribution < -0.4 is 0 Å². The molecule has 0 N–H and O–H groups in total. The Kier molecular flexibility index (Phi) is 3.87. The molecule has 0 unspecified atom stereocenters. The predicted molar refractivity (Wildman–Crippen MR) is 73.2 cm³/mol. The Balaban J connectivity index is 2.24. The number of hydrogen-bond donors (Lipinski definition) is 0. The molecule has 2 rings (SSSR count). The van der Waals surface area contributed by atoms with Gasteiger partial charge in [-0.3, -0.25) is 4.79 Å². The van der Waals surface area contributed by atoms with Gasteiger partial charge in [0.25, 0.3) is 5.91 Å². The third-order valence-electron chi connectivity index (χ3n) is 3.07. The van der Waals surface area contributed by atoms with Gasteiger partial charge in [-0.25, -0.2) is 0 Å². The van der Waals surface area contributed by atoms with Crippen molar-refractivity contribution in [2.24, 2.45) is 0 Å². The molecule has 1 amide bonds. The molecule has 1 aromatic rings. The number of carbonyl (C=O) groups is 1. The van der Waals surface area contributed by atoms with Crippen molar-refractivity contribution in [3.63, 3.8) is 0 Å². The van der Waals surface area contributed by atoms with Crippen LogP contribution >= 0.6 is 15.9 Å². The highest BCUT2D eigenvalue weighted by atomic mass is 79.9. The Morgan fingerprint density at radius 3 is 2.76 bits per heavy atom. The maximum absolute atomic E-state index is 12.5. The lowest BCUT2D eigenvalue weighted by Crippen LogP contribution is -2.34. The smallest absolute Gasteiger partial charge is 0.255 e. The molecule has 0 atom stereocenters. The van der Waals surface area contributed by atoms with Gasteiger partial charge in [0.05, 0.1) is 5.56 Å². The SMILES string of the molecule is CCCN(C(=O)c1cc(C)ccc1Br)C1CC1. The van der Waals surface area contributed by atoms with Crippen molar-refractivity contribution in [2.75, 3.05) is 6.54 Å². The molecule has 0 saturated heterocycles. The van der Waals surface area contributed by atoms with Crippen LogP contribution in [0.15, 0.2) is 22.7 Å². The number of carbonyl (C=O) groups excluding carboxylic acids is 1. The third-order valence-corrected chi connectivity index (χ3v) is 3.76. The summed E-state index contributed by atoms with van der Waals surface area (Å²) in [6.07, 6.45) is 3.34. The van der Waals surface area contributed by atoms with E-state index >= 15 is 0 Å². The molecule has 0 aromatic heterocycles. The number of amides is 1. The van der Waals surface area contributed by atoms with Gasteiger partial charge in [-0.05, 0) is 54.2 Å². The van der Waals surface area contributed by atoms with Crippen LogP contribution in [0.4, 0.5) is 0 Å². The number of hydrogen-bond acceptors (Lipinski definition) is 1. The van der Waals surface area contributed by atoms with Crippen LogP contribution in [0.1, 0.15) is 42.1 Å². The largest absolute Gasteiger partial charge is 0.336 e. The zero-order valence-corrected chi connectivity index (χ0v) is 12.0. The van der Waals surface area contributed by atoms with Gasteiger partial charge in [-0.2, -0.15) is 0 Å². The minimum atomic E-state index is 0.171. The molecule has 1 aliphatic rings. The lowest BCUT2D eigenvalue weighted by molar-refractivity contribution is 0.0742. The summed E-state index contributed by atoms with van der Waals surface area (Å²) in [5.74, 6) is 0.171. The van der Waals surface area contributed by atoms with E-state index in [1.807, 2.05) is 30.0 Å². The van der Waals surface area contributed by atoms with E-state index in [0.29, 0.717) is 6.04 Å². The fraction of sp³-hybridized carbons (Fsp3) is 0.500. The van der Waals surface area contributed by atoms with Crippen LogP contribution in [0, 0.1) is 6.92 Å². The monoisotopic (exact) mass is 295 g/mol. The fourth-order valence-corrected chi connectivity index (χ4v) is 2.45. The predicted octanol–water partition coefficient (Wildman–Crippen LogP) is 3.77. The summed E-state index contributed by atoms with van der Waals surface area (Å²) in [5, 5.41) is 0. The summed E-state index contributed by atoms with van der Waals surface area (Å²) >= 11 is 3.47. The first-order chi connectivity index (χ1) is 8.13. The second kappa shape index (κ2) is 5.21. The first-order valence-electron chi connectivity index (χ1n) is 6.20. The molecular weight excluding hydrogens is 278 g/mol. The lowest BCUT2D eigenvalue weighted by atomic mass is 10.1. The minimum Gasteiger partial charge on any atom is -0.336 e. The van der Waals surface area contributed by atoms with Gasteiger partial charge in [-0.15, -0.1) is 0 Å². The molecule has 1 aromatic carbocycles. The molecule has 1 aliphatic carbocycles. The topological polar surface area (TPSA) is 20.3 Å². The molecule has 0 aliphatic heterocycles. The summed E-state index contributed by atoms with van der Waals surface area (Å²) < 4.78 is 0.898. The highest BCUT2D eigenvalue weighted by Gasteiger charge is 2.32. The summed E-state index contributed by atoms with van der Waals surface area (Å²) in [7, 11) is 0. The van der Waals surface area contributed by atoms with Crippen molar-refractivity contribution in [2.45, 2.75) is 39.2 Å². The molecule has 2 nitrogen and oxygen atoms in total. The molecule has 0 spiro atoms. The zero-order chi connectivity index (χ0) is 12.4. The summed E-state index contributed by atoms with van der Waals surface area (Å²) in [4.78, 5) is 14.5. The van der Waals surface area contributed by atoms with E-state index < -0.39 is 0 Å². The maximum Gasteiger partial charge on any atom is 0.255 e.